The summed E-state index contributed by atoms with van der Waals surface area (Å²) in [6, 6.07) is 0.616. The van der Waals surface area contributed by atoms with Crippen molar-refractivity contribution in [2.24, 2.45) is 5.92 Å². The van der Waals surface area contributed by atoms with Gasteiger partial charge in [0.15, 0.2) is 5.65 Å². The predicted octanol–water partition coefficient (Wildman–Crippen LogP) is 2.09. The van der Waals surface area contributed by atoms with Gasteiger partial charge in [0.05, 0.1) is 11.6 Å². The first-order chi connectivity index (χ1) is 9.83. The zero-order valence-electron chi connectivity index (χ0n) is 11.5. The highest BCUT2D eigenvalue weighted by Crippen LogP contribution is 2.38. The highest BCUT2D eigenvalue weighted by atomic mass is 15.3. The molecule has 1 aliphatic carbocycles. The molecule has 3 N–H and O–H groups in total. The van der Waals surface area contributed by atoms with Crippen molar-refractivity contribution < 1.29 is 0 Å². The van der Waals surface area contributed by atoms with Gasteiger partial charge in [-0.3, -0.25) is 5.10 Å². The van der Waals surface area contributed by atoms with E-state index in [9.17, 15) is 0 Å². The second kappa shape index (κ2) is 4.61. The van der Waals surface area contributed by atoms with Crippen LogP contribution in [0.1, 0.15) is 38.5 Å². The third kappa shape index (κ3) is 1.82. The molecule has 6 nitrogen and oxygen atoms in total. The Labute approximate surface area is 117 Å². The largest absolute Gasteiger partial charge is 0.368 e. The summed E-state index contributed by atoms with van der Waals surface area (Å²) in [6.07, 6.45) is 9.75. The Balaban J connectivity index is 1.79. The molecule has 1 saturated carbocycles. The zero-order chi connectivity index (χ0) is 13.5. The molecule has 0 radical (unpaired) electrons. The van der Waals surface area contributed by atoms with Crippen molar-refractivity contribution in [2.75, 3.05) is 17.2 Å². The summed E-state index contributed by atoms with van der Waals surface area (Å²) in [6.45, 7) is 1.07. The molecule has 20 heavy (non-hydrogen) atoms. The van der Waals surface area contributed by atoms with E-state index in [2.05, 4.69) is 25.1 Å². The molecule has 2 aromatic heterocycles. The lowest BCUT2D eigenvalue weighted by Crippen LogP contribution is -2.47. The number of piperidine rings is 1. The van der Waals surface area contributed by atoms with Gasteiger partial charge in [0.25, 0.3) is 0 Å². The molecule has 6 heteroatoms. The molecular weight excluding hydrogens is 252 g/mol. The van der Waals surface area contributed by atoms with Crippen LogP contribution in [-0.4, -0.2) is 32.8 Å². The van der Waals surface area contributed by atoms with E-state index in [1.54, 1.807) is 0 Å². The summed E-state index contributed by atoms with van der Waals surface area (Å²) in [4.78, 5) is 11.2. The number of rotatable bonds is 1. The van der Waals surface area contributed by atoms with Crippen LogP contribution in [0.4, 0.5) is 11.8 Å². The van der Waals surface area contributed by atoms with E-state index in [1.807, 2.05) is 6.20 Å². The molecule has 1 aliphatic heterocycles. The van der Waals surface area contributed by atoms with E-state index in [0.717, 1.165) is 29.3 Å². The summed E-state index contributed by atoms with van der Waals surface area (Å²) in [7, 11) is 0. The molecule has 106 valence electrons. The number of nitrogens with two attached hydrogens (primary N) is 1. The van der Waals surface area contributed by atoms with Crippen LogP contribution in [0.2, 0.25) is 0 Å². The summed E-state index contributed by atoms with van der Waals surface area (Å²) in [5.74, 6) is 2.11. The van der Waals surface area contributed by atoms with Gasteiger partial charge in [-0.1, -0.05) is 12.8 Å². The minimum absolute atomic E-state index is 0.328. The van der Waals surface area contributed by atoms with Gasteiger partial charge >= 0.3 is 0 Å². The first-order valence-corrected chi connectivity index (χ1v) is 7.56. The summed E-state index contributed by atoms with van der Waals surface area (Å²) < 4.78 is 0. The van der Waals surface area contributed by atoms with Crippen LogP contribution in [-0.2, 0) is 0 Å². The van der Waals surface area contributed by atoms with Crippen molar-refractivity contribution >= 4 is 22.8 Å². The van der Waals surface area contributed by atoms with Gasteiger partial charge < -0.3 is 10.6 Å². The Hall–Kier alpha value is -1.85. The number of nitrogens with zero attached hydrogens (tertiary/aromatic N) is 4. The molecule has 4 rings (SSSR count). The van der Waals surface area contributed by atoms with Gasteiger partial charge in [-0.25, -0.2) is 0 Å². The maximum atomic E-state index is 5.86. The third-order valence-corrected chi connectivity index (χ3v) is 4.82. The first kappa shape index (κ1) is 11.9. The van der Waals surface area contributed by atoms with Crippen LogP contribution in [0.25, 0.3) is 11.0 Å². The van der Waals surface area contributed by atoms with Crippen LogP contribution < -0.4 is 10.6 Å². The Kier molecular flexibility index (Phi) is 2.75. The fourth-order valence-corrected chi connectivity index (χ4v) is 3.94. The maximum absolute atomic E-state index is 5.86. The Morgan fingerprint density at radius 3 is 2.95 bits per heavy atom. The number of aromatic nitrogens is 4. The lowest BCUT2D eigenvalue weighted by atomic mass is 9.78. The van der Waals surface area contributed by atoms with Crippen molar-refractivity contribution in [3.8, 4) is 0 Å². The van der Waals surface area contributed by atoms with E-state index in [-0.39, 0.29) is 0 Å². The zero-order valence-corrected chi connectivity index (χ0v) is 11.5. The average molecular weight is 272 g/mol. The number of hydrogen-bond acceptors (Lipinski definition) is 5. The van der Waals surface area contributed by atoms with Gasteiger partial charge in [-0.2, -0.15) is 15.1 Å². The Bertz CT molecular complexity index is 619. The predicted molar refractivity (Wildman–Crippen MR) is 78.4 cm³/mol. The topological polar surface area (TPSA) is 83.7 Å². The number of anilines is 2. The van der Waals surface area contributed by atoms with Crippen molar-refractivity contribution in [2.45, 2.75) is 44.6 Å². The van der Waals surface area contributed by atoms with E-state index in [1.165, 1.54) is 38.5 Å². The molecule has 0 aromatic carbocycles. The number of fused-ring (bicyclic) bond motifs is 2. The highest BCUT2D eigenvalue weighted by molar-refractivity contribution is 5.87. The second-order valence-electron chi connectivity index (χ2n) is 5.99. The normalized spacial score (nSPS) is 26.7. The summed E-state index contributed by atoms with van der Waals surface area (Å²) >= 11 is 0. The van der Waals surface area contributed by atoms with E-state index < -0.39 is 0 Å². The van der Waals surface area contributed by atoms with Crippen molar-refractivity contribution in [1.29, 1.82) is 0 Å². The smallest absolute Gasteiger partial charge is 0.224 e. The molecule has 2 aliphatic rings. The van der Waals surface area contributed by atoms with E-state index in [0.29, 0.717) is 12.0 Å². The molecular formula is C14H20N6. The third-order valence-electron chi connectivity index (χ3n) is 4.82. The average Bonchev–Trinajstić information content (AvgIpc) is 2.94. The number of H-pyrrole nitrogens is 1. The molecule has 0 bridgehead atoms. The quantitative estimate of drug-likeness (QED) is 0.830. The fourth-order valence-electron chi connectivity index (χ4n) is 3.94. The van der Waals surface area contributed by atoms with Crippen LogP contribution in [0, 0.1) is 5.92 Å². The maximum Gasteiger partial charge on any atom is 0.224 e. The molecule has 2 atom stereocenters. The van der Waals surface area contributed by atoms with Crippen LogP contribution in [0.5, 0.6) is 0 Å². The number of nitrogen functional groups attached to an aromatic ring is 1. The van der Waals surface area contributed by atoms with Crippen LogP contribution >= 0.6 is 0 Å². The van der Waals surface area contributed by atoms with Gasteiger partial charge in [0, 0.05) is 12.6 Å². The van der Waals surface area contributed by atoms with Crippen molar-refractivity contribution in [1.82, 2.24) is 20.2 Å². The van der Waals surface area contributed by atoms with E-state index in [4.69, 9.17) is 5.73 Å². The van der Waals surface area contributed by atoms with Gasteiger partial charge in [-0.05, 0) is 31.6 Å². The Morgan fingerprint density at radius 2 is 2.00 bits per heavy atom. The summed E-state index contributed by atoms with van der Waals surface area (Å²) in [5.41, 5.74) is 6.60. The SMILES string of the molecule is Nc1nc(N2CCCC3CCCCC32)c2cn[nH]c2n1. The van der Waals surface area contributed by atoms with Crippen molar-refractivity contribution in [3.63, 3.8) is 0 Å². The fraction of sp³-hybridized carbons (Fsp3) is 0.643. The van der Waals surface area contributed by atoms with Crippen LogP contribution in [0.3, 0.4) is 0 Å². The minimum Gasteiger partial charge on any atom is -0.368 e. The van der Waals surface area contributed by atoms with E-state index >= 15 is 0 Å². The minimum atomic E-state index is 0.328. The lowest BCUT2D eigenvalue weighted by Gasteiger charge is -2.44. The first-order valence-electron chi connectivity index (χ1n) is 7.56. The lowest BCUT2D eigenvalue weighted by molar-refractivity contribution is 0.243. The van der Waals surface area contributed by atoms with Crippen LogP contribution in [0.15, 0.2) is 6.20 Å². The standard InChI is InChI=1S/C14H20N6/c15-14-17-12-10(8-16-19-12)13(18-14)20-7-3-5-9-4-1-2-6-11(9)20/h8-9,11H,1-7H2,(H3,15,16,17,18,19). The molecule has 1 saturated heterocycles. The molecule has 3 heterocycles. The second-order valence-corrected chi connectivity index (χ2v) is 5.99. The number of aromatic amines is 1. The van der Waals surface area contributed by atoms with Gasteiger partial charge in [0.1, 0.15) is 5.82 Å². The monoisotopic (exact) mass is 272 g/mol. The van der Waals surface area contributed by atoms with Crippen molar-refractivity contribution in [3.05, 3.63) is 6.20 Å². The Morgan fingerprint density at radius 1 is 1.15 bits per heavy atom. The molecule has 2 unspecified atom stereocenters. The van der Waals surface area contributed by atoms with Gasteiger partial charge in [0.2, 0.25) is 5.95 Å². The summed E-state index contributed by atoms with van der Waals surface area (Å²) in [5, 5.41) is 7.99. The molecule has 0 spiro atoms. The molecule has 0 amide bonds. The number of nitrogens with one attached hydrogen (secondary N) is 1. The van der Waals surface area contributed by atoms with Gasteiger partial charge in [-0.15, -0.1) is 0 Å². The molecule has 2 fully saturated rings. The number of hydrogen-bond donors (Lipinski definition) is 2. The molecule has 2 aromatic rings. The highest BCUT2D eigenvalue weighted by Gasteiger charge is 2.34.